The van der Waals surface area contributed by atoms with Gasteiger partial charge in [0, 0.05) is 57.4 Å². The van der Waals surface area contributed by atoms with Gasteiger partial charge in [0.05, 0.1) is 13.2 Å². The Hall–Kier alpha value is -1.99. The molecule has 0 aliphatic carbocycles. The number of ether oxygens (including phenoxy) is 2. The third-order valence-electron chi connectivity index (χ3n) is 4.72. The molecule has 2 aliphatic rings. The first-order valence-corrected chi connectivity index (χ1v) is 8.92. The summed E-state index contributed by atoms with van der Waals surface area (Å²) in [6.45, 7) is 5.51. The summed E-state index contributed by atoms with van der Waals surface area (Å²) in [4.78, 5) is 9.10. The Balaban J connectivity index is 1.58. The van der Waals surface area contributed by atoms with E-state index in [9.17, 15) is 0 Å². The predicted octanol–water partition coefficient (Wildman–Crippen LogP) is 1.08. The summed E-state index contributed by atoms with van der Waals surface area (Å²) in [6, 6.07) is 6.37. The summed E-state index contributed by atoms with van der Waals surface area (Å²) in [5, 5.41) is 6.77. The van der Waals surface area contributed by atoms with E-state index >= 15 is 0 Å². The van der Waals surface area contributed by atoms with Crippen LogP contribution in [0.1, 0.15) is 6.42 Å². The lowest BCUT2D eigenvalue weighted by Gasteiger charge is -2.37. The molecule has 0 aromatic heterocycles. The van der Waals surface area contributed by atoms with Gasteiger partial charge in [0.2, 0.25) is 0 Å². The lowest BCUT2D eigenvalue weighted by molar-refractivity contribution is 0.116. The van der Waals surface area contributed by atoms with Crippen molar-refractivity contribution in [3.05, 3.63) is 18.2 Å². The molecule has 0 amide bonds. The van der Waals surface area contributed by atoms with Gasteiger partial charge in [0.1, 0.15) is 0 Å². The van der Waals surface area contributed by atoms with E-state index in [0.717, 1.165) is 55.7 Å². The van der Waals surface area contributed by atoms with Gasteiger partial charge >= 0.3 is 0 Å². The Kier molecular flexibility index (Phi) is 5.99. The predicted molar refractivity (Wildman–Crippen MR) is 101 cm³/mol. The topological polar surface area (TPSA) is 61.4 Å². The monoisotopic (exact) mass is 347 g/mol. The van der Waals surface area contributed by atoms with Gasteiger partial charge in [-0.15, -0.1) is 0 Å². The summed E-state index contributed by atoms with van der Waals surface area (Å²) >= 11 is 0. The van der Waals surface area contributed by atoms with E-state index in [4.69, 9.17) is 9.47 Å². The van der Waals surface area contributed by atoms with Crippen molar-refractivity contribution in [1.29, 1.82) is 0 Å². The van der Waals surface area contributed by atoms with Crippen LogP contribution in [0.15, 0.2) is 23.2 Å². The van der Waals surface area contributed by atoms with Gasteiger partial charge in [-0.2, -0.15) is 0 Å². The fourth-order valence-electron chi connectivity index (χ4n) is 3.09. The quantitative estimate of drug-likeness (QED) is 0.630. The first kappa shape index (κ1) is 17.8. The fourth-order valence-corrected chi connectivity index (χ4v) is 3.09. The molecule has 2 heterocycles. The average Bonchev–Trinajstić information content (AvgIpc) is 2.86. The molecule has 0 spiro atoms. The molecular weight excluding hydrogens is 318 g/mol. The van der Waals surface area contributed by atoms with Gasteiger partial charge in [-0.3, -0.25) is 9.89 Å². The van der Waals surface area contributed by atoms with Crippen LogP contribution in [0.3, 0.4) is 0 Å². The van der Waals surface area contributed by atoms with Gasteiger partial charge in [-0.1, -0.05) is 0 Å². The molecular formula is C18H29N5O2. The van der Waals surface area contributed by atoms with E-state index in [1.54, 1.807) is 7.05 Å². The smallest absolute Gasteiger partial charge is 0.195 e. The number of piperazine rings is 1. The maximum Gasteiger partial charge on any atom is 0.195 e. The van der Waals surface area contributed by atoms with E-state index < -0.39 is 0 Å². The number of benzene rings is 1. The van der Waals surface area contributed by atoms with Crippen molar-refractivity contribution in [1.82, 2.24) is 15.1 Å². The molecule has 1 unspecified atom stereocenters. The van der Waals surface area contributed by atoms with Crippen molar-refractivity contribution in [2.45, 2.75) is 12.5 Å². The largest absolute Gasteiger partial charge is 0.490 e. The van der Waals surface area contributed by atoms with Crippen LogP contribution in [0.25, 0.3) is 0 Å². The highest BCUT2D eigenvalue weighted by molar-refractivity contribution is 5.93. The summed E-state index contributed by atoms with van der Waals surface area (Å²) in [7, 11) is 6.14. The number of anilines is 1. The van der Waals surface area contributed by atoms with Crippen molar-refractivity contribution in [3.63, 3.8) is 0 Å². The molecule has 0 bridgehead atoms. The zero-order valence-electron chi connectivity index (χ0n) is 15.4. The van der Waals surface area contributed by atoms with Crippen LogP contribution in [0.2, 0.25) is 0 Å². The van der Waals surface area contributed by atoms with Crippen molar-refractivity contribution in [2.24, 2.45) is 4.99 Å². The molecule has 138 valence electrons. The number of aliphatic imine (C=N–C) groups is 1. The highest BCUT2D eigenvalue weighted by Gasteiger charge is 2.22. The van der Waals surface area contributed by atoms with Gasteiger partial charge in [-0.25, -0.2) is 0 Å². The molecule has 7 heteroatoms. The van der Waals surface area contributed by atoms with Gasteiger partial charge < -0.3 is 25.0 Å². The minimum Gasteiger partial charge on any atom is -0.490 e. The lowest BCUT2D eigenvalue weighted by atomic mass is 10.2. The Morgan fingerprint density at radius 3 is 2.80 bits per heavy atom. The van der Waals surface area contributed by atoms with Crippen LogP contribution in [-0.4, -0.2) is 82.3 Å². The normalized spacial score (nSPS) is 22.4. The van der Waals surface area contributed by atoms with Crippen LogP contribution in [0, 0.1) is 0 Å². The number of fused-ring (bicyclic) bond motifs is 1. The van der Waals surface area contributed by atoms with Crippen molar-refractivity contribution in [3.8, 4) is 11.5 Å². The Bertz CT molecular complexity index is 607. The van der Waals surface area contributed by atoms with Crippen LogP contribution in [0.4, 0.5) is 5.69 Å². The summed E-state index contributed by atoms with van der Waals surface area (Å²) in [5.74, 6) is 2.35. The average molecular weight is 347 g/mol. The molecule has 2 aliphatic heterocycles. The molecule has 1 saturated heterocycles. The minimum atomic E-state index is 0.473. The second kappa shape index (κ2) is 8.40. The highest BCUT2D eigenvalue weighted by Crippen LogP contribution is 2.32. The molecule has 7 nitrogen and oxygen atoms in total. The summed E-state index contributed by atoms with van der Waals surface area (Å²) in [5.41, 5.74) is 0.937. The van der Waals surface area contributed by atoms with Crippen molar-refractivity contribution in [2.75, 3.05) is 65.9 Å². The number of hydrogen-bond donors (Lipinski definition) is 2. The molecule has 3 rings (SSSR count). The van der Waals surface area contributed by atoms with E-state index in [1.807, 2.05) is 18.2 Å². The van der Waals surface area contributed by atoms with Gasteiger partial charge in [0.15, 0.2) is 17.5 Å². The number of nitrogens with zero attached hydrogens (tertiary/aromatic N) is 3. The lowest BCUT2D eigenvalue weighted by Crippen LogP contribution is -2.54. The number of guanidine groups is 1. The van der Waals surface area contributed by atoms with Gasteiger partial charge in [0.25, 0.3) is 0 Å². The molecule has 1 atom stereocenters. The van der Waals surface area contributed by atoms with E-state index in [2.05, 4.69) is 39.5 Å². The van der Waals surface area contributed by atoms with Crippen molar-refractivity contribution < 1.29 is 9.47 Å². The van der Waals surface area contributed by atoms with Crippen molar-refractivity contribution >= 4 is 11.6 Å². The van der Waals surface area contributed by atoms with E-state index in [0.29, 0.717) is 19.3 Å². The zero-order chi connectivity index (χ0) is 17.6. The maximum absolute atomic E-state index is 5.75. The Morgan fingerprint density at radius 2 is 2.00 bits per heavy atom. The number of nitrogens with one attached hydrogen (secondary N) is 2. The Morgan fingerprint density at radius 1 is 1.20 bits per heavy atom. The number of rotatable bonds is 3. The van der Waals surface area contributed by atoms with Crippen LogP contribution in [0.5, 0.6) is 11.5 Å². The molecule has 1 fully saturated rings. The summed E-state index contributed by atoms with van der Waals surface area (Å²) < 4.78 is 11.4. The molecule has 0 saturated carbocycles. The fraction of sp³-hybridized carbons (Fsp3) is 0.611. The maximum atomic E-state index is 5.75. The van der Waals surface area contributed by atoms with Crippen LogP contribution in [-0.2, 0) is 0 Å². The third-order valence-corrected chi connectivity index (χ3v) is 4.72. The summed E-state index contributed by atoms with van der Waals surface area (Å²) in [6.07, 6.45) is 0.907. The van der Waals surface area contributed by atoms with E-state index in [-0.39, 0.29) is 0 Å². The minimum absolute atomic E-state index is 0.473. The first-order chi connectivity index (χ1) is 12.2. The second-order valence-electron chi connectivity index (χ2n) is 6.69. The second-order valence-corrected chi connectivity index (χ2v) is 6.69. The van der Waals surface area contributed by atoms with Crippen LogP contribution < -0.4 is 20.1 Å². The standard InChI is InChI=1S/C18H29N5O2/c1-19-18(20-12-15-13-22(2)7-8-23(15)3)21-14-5-6-16-17(11-14)25-10-4-9-24-16/h5-6,11,15H,4,7-10,12-13H2,1-3H3,(H2,19,20,21). The molecule has 1 aromatic carbocycles. The number of hydrogen-bond acceptors (Lipinski definition) is 5. The number of likely N-dealkylation sites (N-methyl/N-ethyl adjacent to an activating group) is 2. The van der Waals surface area contributed by atoms with Crippen LogP contribution >= 0.6 is 0 Å². The van der Waals surface area contributed by atoms with E-state index in [1.165, 1.54) is 0 Å². The third kappa shape index (κ3) is 4.76. The zero-order valence-corrected chi connectivity index (χ0v) is 15.4. The molecule has 2 N–H and O–H groups in total. The SMILES string of the molecule is CN=C(NCC1CN(C)CCN1C)Nc1ccc2c(c1)OCCCO2. The first-order valence-electron chi connectivity index (χ1n) is 8.92. The molecule has 25 heavy (non-hydrogen) atoms. The highest BCUT2D eigenvalue weighted by atomic mass is 16.5. The molecule has 1 aromatic rings. The van der Waals surface area contributed by atoms with Gasteiger partial charge in [-0.05, 0) is 26.2 Å². The Labute approximate surface area is 150 Å². The molecule has 0 radical (unpaired) electrons.